The lowest BCUT2D eigenvalue weighted by molar-refractivity contribution is -0.142. The highest BCUT2D eigenvalue weighted by Gasteiger charge is 2.30. The van der Waals surface area contributed by atoms with Gasteiger partial charge in [0.15, 0.2) is 0 Å². The standard InChI is InChI=1S/C20H23NO5S/c1-20(2,18(22)25-4)27-17-7-5-6-16(12-17)26-19(23)21-13-14-8-10-15(24-3)11-9-14/h5-12H,13H2,1-4H3,(H,21,23). The molecule has 1 N–H and O–H groups in total. The Morgan fingerprint density at radius 1 is 1.04 bits per heavy atom. The van der Waals surface area contributed by atoms with E-state index in [0.29, 0.717) is 12.3 Å². The maximum atomic E-state index is 12.0. The SMILES string of the molecule is COC(=O)C(C)(C)Sc1cccc(OC(=O)NCc2ccc(OC)cc2)c1. The lowest BCUT2D eigenvalue weighted by Gasteiger charge is -2.20. The van der Waals surface area contributed by atoms with Gasteiger partial charge in [-0.1, -0.05) is 18.2 Å². The monoisotopic (exact) mass is 389 g/mol. The fourth-order valence-corrected chi connectivity index (χ4v) is 3.32. The number of thioether (sulfide) groups is 1. The fourth-order valence-electron chi connectivity index (χ4n) is 2.24. The van der Waals surface area contributed by atoms with E-state index in [9.17, 15) is 9.59 Å². The molecule has 0 radical (unpaired) electrons. The van der Waals surface area contributed by atoms with Crippen molar-refractivity contribution in [2.24, 2.45) is 0 Å². The first-order chi connectivity index (χ1) is 12.8. The van der Waals surface area contributed by atoms with Crippen molar-refractivity contribution in [3.8, 4) is 11.5 Å². The Morgan fingerprint density at radius 3 is 2.37 bits per heavy atom. The third kappa shape index (κ3) is 6.21. The van der Waals surface area contributed by atoms with Gasteiger partial charge in [-0.25, -0.2) is 4.79 Å². The molecule has 0 aromatic heterocycles. The van der Waals surface area contributed by atoms with Crippen molar-refractivity contribution in [3.63, 3.8) is 0 Å². The molecule has 2 aromatic carbocycles. The summed E-state index contributed by atoms with van der Waals surface area (Å²) in [6.45, 7) is 3.89. The minimum absolute atomic E-state index is 0.323. The molecule has 1 amide bonds. The number of esters is 1. The minimum Gasteiger partial charge on any atom is -0.497 e. The molecule has 144 valence electrons. The number of ether oxygens (including phenoxy) is 3. The number of amides is 1. The van der Waals surface area contributed by atoms with Gasteiger partial charge < -0.3 is 19.5 Å². The summed E-state index contributed by atoms with van der Waals surface area (Å²) in [5.41, 5.74) is 0.928. The molecule has 2 rings (SSSR count). The quantitative estimate of drug-likeness (QED) is 0.569. The summed E-state index contributed by atoms with van der Waals surface area (Å²) in [5, 5.41) is 2.70. The average molecular weight is 389 g/mol. The Hall–Kier alpha value is -2.67. The van der Waals surface area contributed by atoms with Gasteiger partial charge in [0.2, 0.25) is 0 Å². The van der Waals surface area contributed by atoms with Gasteiger partial charge in [0, 0.05) is 11.4 Å². The minimum atomic E-state index is -0.746. The summed E-state index contributed by atoms with van der Waals surface area (Å²) >= 11 is 1.34. The van der Waals surface area contributed by atoms with E-state index in [1.165, 1.54) is 18.9 Å². The summed E-state index contributed by atoms with van der Waals surface area (Å²) in [4.78, 5) is 24.6. The Morgan fingerprint density at radius 2 is 1.74 bits per heavy atom. The van der Waals surface area contributed by atoms with Crippen LogP contribution in [0.15, 0.2) is 53.4 Å². The lowest BCUT2D eigenvalue weighted by Crippen LogP contribution is -2.28. The van der Waals surface area contributed by atoms with Gasteiger partial charge in [0.1, 0.15) is 16.2 Å². The third-order valence-corrected chi connectivity index (χ3v) is 4.83. The molecule has 0 aliphatic rings. The Balaban J connectivity index is 1.92. The number of benzene rings is 2. The van der Waals surface area contributed by atoms with E-state index in [2.05, 4.69) is 5.32 Å². The highest BCUT2D eigenvalue weighted by Crippen LogP contribution is 2.34. The van der Waals surface area contributed by atoms with Crippen LogP contribution in [0, 0.1) is 0 Å². The maximum Gasteiger partial charge on any atom is 0.412 e. The molecular weight excluding hydrogens is 366 g/mol. The summed E-state index contributed by atoms with van der Waals surface area (Å²) in [6, 6.07) is 14.4. The van der Waals surface area contributed by atoms with Crippen LogP contribution >= 0.6 is 11.8 Å². The van der Waals surface area contributed by atoms with Gasteiger partial charge >= 0.3 is 12.1 Å². The first-order valence-corrected chi connectivity index (χ1v) is 9.12. The largest absolute Gasteiger partial charge is 0.497 e. The van der Waals surface area contributed by atoms with E-state index < -0.39 is 10.8 Å². The zero-order valence-electron chi connectivity index (χ0n) is 15.8. The molecule has 0 aliphatic heterocycles. The second-order valence-electron chi connectivity index (χ2n) is 6.17. The Kier molecular flexibility index (Phi) is 7.12. The predicted octanol–water partition coefficient (Wildman–Crippen LogP) is 4.03. The number of methoxy groups -OCH3 is 2. The molecule has 27 heavy (non-hydrogen) atoms. The van der Waals surface area contributed by atoms with Crippen LogP contribution < -0.4 is 14.8 Å². The molecule has 0 atom stereocenters. The summed E-state index contributed by atoms with van der Waals surface area (Å²) < 4.78 is 14.5. The van der Waals surface area contributed by atoms with Crippen LogP contribution in [0.4, 0.5) is 4.79 Å². The number of nitrogens with one attached hydrogen (secondary N) is 1. The molecule has 0 saturated heterocycles. The topological polar surface area (TPSA) is 73.9 Å². The average Bonchev–Trinajstić information content (AvgIpc) is 2.66. The van der Waals surface area contributed by atoms with Crippen LogP contribution in [0.5, 0.6) is 11.5 Å². The summed E-state index contributed by atoms with van der Waals surface area (Å²) in [6.07, 6.45) is -0.555. The van der Waals surface area contributed by atoms with Crippen LogP contribution in [0.25, 0.3) is 0 Å². The van der Waals surface area contributed by atoms with E-state index in [4.69, 9.17) is 14.2 Å². The molecule has 0 heterocycles. The number of carbonyl (C=O) groups is 2. The third-order valence-electron chi connectivity index (χ3n) is 3.66. The number of rotatable bonds is 7. The highest BCUT2D eigenvalue weighted by molar-refractivity contribution is 8.01. The van der Waals surface area contributed by atoms with Gasteiger partial charge in [-0.05, 0) is 49.7 Å². The van der Waals surface area contributed by atoms with Crippen molar-refractivity contribution in [2.45, 2.75) is 30.0 Å². The van der Waals surface area contributed by atoms with Crippen molar-refractivity contribution in [2.75, 3.05) is 14.2 Å². The maximum absolute atomic E-state index is 12.0. The molecule has 7 heteroatoms. The van der Waals surface area contributed by atoms with Crippen LogP contribution in [0.3, 0.4) is 0 Å². The molecule has 0 saturated carbocycles. The van der Waals surface area contributed by atoms with Gasteiger partial charge in [-0.15, -0.1) is 11.8 Å². The van der Waals surface area contributed by atoms with Crippen LogP contribution in [-0.4, -0.2) is 31.0 Å². The molecular formula is C20H23NO5S. The zero-order valence-corrected chi connectivity index (χ0v) is 16.6. The summed E-state index contributed by atoms with van der Waals surface area (Å²) in [5.74, 6) is 0.828. The van der Waals surface area contributed by atoms with Crippen molar-refractivity contribution >= 4 is 23.8 Å². The predicted molar refractivity (Wildman–Crippen MR) is 104 cm³/mol. The smallest absolute Gasteiger partial charge is 0.412 e. The van der Waals surface area contributed by atoms with E-state index in [1.54, 1.807) is 39.2 Å². The van der Waals surface area contributed by atoms with E-state index in [-0.39, 0.29) is 5.97 Å². The molecule has 6 nitrogen and oxygen atoms in total. The van der Waals surface area contributed by atoms with Gasteiger partial charge in [0.25, 0.3) is 0 Å². The van der Waals surface area contributed by atoms with E-state index >= 15 is 0 Å². The van der Waals surface area contributed by atoms with Crippen molar-refractivity contribution < 1.29 is 23.8 Å². The zero-order chi connectivity index (χ0) is 19.9. The van der Waals surface area contributed by atoms with E-state index in [1.807, 2.05) is 30.3 Å². The molecule has 0 spiro atoms. The first kappa shape index (κ1) is 20.6. The molecule has 0 aliphatic carbocycles. The van der Waals surface area contributed by atoms with Gasteiger partial charge in [0.05, 0.1) is 14.2 Å². The number of hydrogen-bond donors (Lipinski definition) is 1. The highest BCUT2D eigenvalue weighted by atomic mass is 32.2. The second-order valence-corrected chi connectivity index (χ2v) is 7.87. The van der Waals surface area contributed by atoms with Crippen molar-refractivity contribution in [1.82, 2.24) is 5.32 Å². The Labute approximate surface area is 163 Å². The molecule has 2 aromatic rings. The number of carbonyl (C=O) groups excluding carboxylic acids is 2. The molecule has 0 unspecified atom stereocenters. The van der Waals surface area contributed by atoms with Crippen molar-refractivity contribution in [3.05, 3.63) is 54.1 Å². The number of hydrogen-bond acceptors (Lipinski definition) is 6. The normalized spacial score (nSPS) is 10.8. The van der Waals surface area contributed by atoms with E-state index in [0.717, 1.165) is 16.2 Å². The van der Waals surface area contributed by atoms with Gasteiger partial charge in [-0.2, -0.15) is 0 Å². The van der Waals surface area contributed by atoms with Crippen molar-refractivity contribution in [1.29, 1.82) is 0 Å². The first-order valence-electron chi connectivity index (χ1n) is 8.30. The molecule has 0 fully saturated rings. The van der Waals surface area contributed by atoms with Crippen LogP contribution in [-0.2, 0) is 16.1 Å². The lowest BCUT2D eigenvalue weighted by atomic mass is 10.2. The summed E-state index contributed by atoms with van der Waals surface area (Å²) in [7, 11) is 2.96. The fraction of sp³-hybridized carbons (Fsp3) is 0.300. The van der Waals surface area contributed by atoms with Crippen LogP contribution in [0.2, 0.25) is 0 Å². The Bertz CT molecular complexity index is 789. The van der Waals surface area contributed by atoms with Gasteiger partial charge in [-0.3, -0.25) is 4.79 Å². The molecule has 0 bridgehead atoms. The second kappa shape index (κ2) is 9.32. The van der Waals surface area contributed by atoms with Crippen LogP contribution in [0.1, 0.15) is 19.4 Å².